The molecule has 0 unspecified atom stereocenters. The quantitative estimate of drug-likeness (QED) is 0.819. The second-order valence-corrected chi connectivity index (χ2v) is 3.56. The standard InChI is InChI=1S/C8H10BrN3O/c1-5(10)8(13)12-7-3-2-6(9)4-11-7/h2-5H,10H2,1H3,(H,11,12,13)/t5-/m1/s1. The molecule has 1 aromatic rings. The van der Waals surface area contributed by atoms with Crippen LogP contribution in [0.4, 0.5) is 5.82 Å². The van der Waals surface area contributed by atoms with Gasteiger partial charge in [-0.05, 0) is 35.0 Å². The summed E-state index contributed by atoms with van der Waals surface area (Å²) in [5.41, 5.74) is 5.36. The highest BCUT2D eigenvalue weighted by molar-refractivity contribution is 9.10. The molecule has 0 fully saturated rings. The van der Waals surface area contributed by atoms with Crippen LogP contribution in [0.2, 0.25) is 0 Å². The number of hydrogen-bond donors (Lipinski definition) is 2. The van der Waals surface area contributed by atoms with Crippen molar-refractivity contribution in [2.75, 3.05) is 5.32 Å². The molecule has 13 heavy (non-hydrogen) atoms. The van der Waals surface area contributed by atoms with Crippen LogP contribution in [-0.2, 0) is 4.79 Å². The highest BCUT2D eigenvalue weighted by atomic mass is 79.9. The summed E-state index contributed by atoms with van der Waals surface area (Å²) < 4.78 is 0.867. The van der Waals surface area contributed by atoms with E-state index in [4.69, 9.17) is 5.73 Å². The van der Waals surface area contributed by atoms with E-state index in [1.54, 1.807) is 25.3 Å². The van der Waals surface area contributed by atoms with E-state index in [0.29, 0.717) is 5.82 Å². The number of nitrogens with two attached hydrogens (primary N) is 1. The number of nitrogens with zero attached hydrogens (tertiary/aromatic N) is 1. The molecule has 0 aromatic carbocycles. The zero-order chi connectivity index (χ0) is 9.84. The molecule has 1 heterocycles. The maximum atomic E-state index is 11.1. The smallest absolute Gasteiger partial charge is 0.242 e. The Labute approximate surface area is 84.7 Å². The molecule has 3 N–H and O–H groups in total. The van der Waals surface area contributed by atoms with Crippen LogP contribution in [0.5, 0.6) is 0 Å². The second kappa shape index (κ2) is 4.34. The number of anilines is 1. The Hall–Kier alpha value is -0.940. The van der Waals surface area contributed by atoms with Crippen molar-refractivity contribution in [2.24, 2.45) is 5.73 Å². The lowest BCUT2D eigenvalue weighted by molar-refractivity contribution is -0.117. The molecular weight excluding hydrogens is 234 g/mol. The molecule has 1 rings (SSSR count). The van der Waals surface area contributed by atoms with E-state index < -0.39 is 6.04 Å². The van der Waals surface area contributed by atoms with Gasteiger partial charge in [0.2, 0.25) is 5.91 Å². The van der Waals surface area contributed by atoms with Gasteiger partial charge in [0.1, 0.15) is 5.82 Å². The molecule has 0 radical (unpaired) electrons. The molecule has 0 saturated carbocycles. The predicted molar refractivity (Wildman–Crippen MR) is 54.2 cm³/mol. The third-order valence-electron chi connectivity index (χ3n) is 1.39. The second-order valence-electron chi connectivity index (χ2n) is 2.64. The summed E-state index contributed by atoms with van der Waals surface area (Å²) in [4.78, 5) is 15.1. The minimum absolute atomic E-state index is 0.241. The first-order chi connectivity index (χ1) is 6.09. The molecule has 4 nitrogen and oxygen atoms in total. The normalized spacial score (nSPS) is 12.2. The number of pyridine rings is 1. The maximum absolute atomic E-state index is 11.1. The minimum atomic E-state index is -0.523. The van der Waals surface area contributed by atoms with Crippen molar-refractivity contribution in [3.05, 3.63) is 22.8 Å². The molecular formula is C8H10BrN3O. The molecule has 0 saturated heterocycles. The van der Waals surface area contributed by atoms with Crippen molar-refractivity contribution in [3.8, 4) is 0 Å². The van der Waals surface area contributed by atoms with E-state index in [2.05, 4.69) is 26.2 Å². The highest BCUT2D eigenvalue weighted by Gasteiger charge is 2.07. The van der Waals surface area contributed by atoms with Gasteiger partial charge in [0.15, 0.2) is 0 Å². The van der Waals surface area contributed by atoms with Crippen molar-refractivity contribution in [1.82, 2.24) is 4.98 Å². The summed E-state index contributed by atoms with van der Waals surface area (Å²) in [5.74, 6) is 0.264. The fourth-order valence-corrected chi connectivity index (χ4v) is 0.924. The maximum Gasteiger partial charge on any atom is 0.242 e. The Kier molecular flexibility index (Phi) is 3.39. The van der Waals surface area contributed by atoms with Crippen LogP contribution in [-0.4, -0.2) is 16.9 Å². The third kappa shape index (κ3) is 3.12. The van der Waals surface area contributed by atoms with Crippen LogP contribution >= 0.6 is 15.9 Å². The Morgan fingerprint density at radius 3 is 2.85 bits per heavy atom. The highest BCUT2D eigenvalue weighted by Crippen LogP contribution is 2.10. The Morgan fingerprint density at radius 1 is 1.69 bits per heavy atom. The van der Waals surface area contributed by atoms with Gasteiger partial charge in [-0.15, -0.1) is 0 Å². The van der Waals surface area contributed by atoms with Gasteiger partial charge in [0.05, 0.1) is 6.04 Å². The molecule has 0 aliphatic heterocycles. The lowest BCUT2D eigenvalue weighted by Gasteiger charge is -2.06. The monoisotopic (exact) mass is 243 g/mol. The summed E-state index contributed by atoms with van der Waals surface area (Å²) in [5, 5.41) is 2.57. The van der Waals surface area contributed by atoms with Crippen LogP contribution < -0.4 is 11.1 Å². The van der Waals surface area contributed by atoms with Gasteiger partial charge in [-0.1, -0.05) is 0 Å². The molecule has 1 aromatic heterocycles. The minimum Gasteiger partial charge on any atom is -0.320 e. The van der Waals surface area contributed by atoms with Crippen molar-refractivity contribution < 1.29 is 4.79 Å². The molecule has 0 bridgehead atoms. The van der Waals surface area contributed by atoms with E-state index in [1.165, 1.54) is 0 Å². The van der Waals surface area contributed by atoms with E-state index in [9.17, 15) is 4.79 Å². The lowest BCUT2D eigenvalue weighted by atomic mass is 10.3. The largest absolute Gasteiger partial charge is 0.320 e. The first-order valence-corrected chi connectivity index (χ1v) is 4.57. The predicted octanol–water partition coefficient (Wildman–Crippen LogP) is 1.13. The Balaban J connectivity index is 2.65. The number of rotatable bonds is 2. The van der Waals surface area contributed by atoms with Gasteiger partial charge in [-0.3, -0.25) is 4.79 Å². The molecule has 0 aliphatic rings. The molecule has 5 heteroatoms. The number of carbonyl (C=O) groups is 1. The topological polar surface area (TPSA) is 68.0 Å². The van der Waals surface area contributed by atoms with Crippen molar-refractivity contribution in [1.29, 1.82) is 0 Å². The lowest BCUT2D eigenvalue weighted by Crippen LogP contribution is -2.32. The molecule has 1 amide bonds. The molecule has 70 valence electrons. The number of aromatic nitrogens is 1. The van der Waals surface area contributed by atoms with E-state index >= 15 is 0 Å². The van der Waals surface area contributed by atoms with Crippen molar-refractivity contribution in [2.45, 2.75) is 13.0 Å². The van der Waals surface area contributed by atoms with Crippen LogP contribution in [0.1, 0.15) is 6.92 Å². The zero-order valence-corrected chi connectivity index (χ0v) is 8.71. The van der Waals surface area contributed by atoms with Gasteiger partial charge >= 0.3 is 0 Å². The number of carbonyl (C=O) groups excluding carboxylic acids is 1. The zero-order valence-electron chi connectivity index (χ0n) is 7.12. The van der Waals surface area contributed by atoms with E-state index in [-0.39, 0.29) is 5.91 Å². The summed E-state index contributed by atoms with van der Waals surface area (Å²) in [6.07, 6.45) is 1.61. The number of hydrogen-bond acceptors (Lipinski definition) is 3. The fourth-order valence-electron chi connectivity index (χ4n) is 0.690. The van der Waals surface area contributed by atoms with Crippen LogP contribution in [0.25, 0.3) is 0 Å². The van der Waals surface area contributed by atoms with Gasteiger partial charge in [-0.25, -0.2) is 4.98 Å². The van der Waals surface area contributed by atoms with Gasteiger partial charge in [0.25, 0.3) is 0 Å². The van der Waals surface area contributed by atoms with Gasteiger partial charge in [-0.2, -0.15) is 0 Å². The molecule has 0 aliphatic carbocycles. The Bertz CT molecular complexity index is 297. The van der Waals surface area contributed by atoms with Gasteiger partial charge < -0.3 is 11.1 Å². The van der Waals surface area contributed by atoms with Gasteiger partial charge in [0, 0.05) is 10.7 Å². The summed E-state index contributed by atoms with van der Waals surface area (Å²) in [7, 11) is 0. The SMILES string of the molecule is C[C@@H](N)C(=O)Nc1ccc(Br)cn1. The van der Waals surface area contributed by atoms with Crippen LogP contribution in [0.15, 0.2) is 22.8 Å². The average molecular weight is 244 g/mol. The van der Waals surface area contributed by atoms with E-state index in [0.717, 1.165) is 4.47 Å². The summed E-state index contributed by atoms with van der Waals surface area (Å²) in [6.45, 7) is 1.62. The molecule has 0 spiro atoms. The van der Waals surface area contributed by atoms with Crippen LogP contribution in [0, 0.1) is 0 Å². The first kappa shape index (κ1) is 10.1. The van der Waals surface area contributed by atoms with Crippen molar-refractivity contribution in [3.63, 3.8) is 0 Å². The van der Waals surface area contributed by atoms with Crippen LogP contribution in [0.3, 0.4) is 0 Å². The van der Waals surface area contributed by atoms with E-state index in [1.807, 2.05) is 0 Å². The van der Waals surface area contributed by atoms with Crippen molar-refractivity contribution >= 4 is 27.7 Å². The number of halogens is 1. The summed E-state index contributed by atoms with van der Waals surface area (Å²) in [6, 6.07) is 2.97. The first-order valence-electron chi connectivity index (χ1n) is 3.77. The Morgan fingerprint density at radius 2 is 2.38 bits per heavy atom. The number of nitrogens with one attached hydrogen (secondary N) is 1. The number of amides is 1. The fraction of sp³-hybridized carbons (Fsp3) is 0.250. The average Bonchev–Trinajstić information content (AvgIpc) is 2.08. The third-order valence-corrected chi connectivity index (χ3v) is 1.86. The summed E-state index contributed by atoms with van der Waals surface area (Å²) >= 11 is 3.24. The molecule has 1 atom stereocenters.